The third-order valence-electron chi connectivity index (χ3n) is 3.68. The summed E-state index contributed by atoms with van der Waals surface area (Å²) in [5, 5.41) is 11.8. The number of hydrogen-bond donors (Lipinski definition) is 2. The Morgan fingerprint density at radius 2 is 1.72 bits per heavy atom. The number of nitrogens with zero attached hydrogens (tertiary/aromatic N) is 1. The van der Waals surface area contributed by atoms with Crippen molar-refractivity contribution in [2.45, 2.75) is 13.1 Å². The summed E-state index contributed by atoms with van der Waals surface area (Å²) in [4.78, 5) is 25.8. The zero-order valence-corrected chi connectivity index (χ0v) is 14.1. The van der Waals surface area contributed by atoms with Crippen molar-refractivity contribution in [3.63, 3.8) is 0 Å². The summed E-state index contributed by atoms with van der Waals surface area (Å²) in [5.41, 5.74) is 1.76. The summed E-state index contributed by atoms with van der Waals surface area (Å²) < 4.78 is 5.08. The molecule has 6 nitrogen and oxygen atoms in total. The molecular weight excluding hydrogens is 320 g/mol. The molecule has 0 aliphatic carbocycles. The Bertz CT molecular complexity index is 686. The maximum atomic E-state index is 12.3. The first-order valence-corrected chi connectivity index (χ1v) is 7.99. The second-order valence-electron chi connectivity index (χ2n) is 5.47. The zero-order chi connectivity index (χ0) is 18.1. The van der Waals surface area contributed by atoms with Crippen LogP contribution in [0.4, 0.5) is 0 Å². The first-order chi connectivity index (χ1) is 12.1. The number of aliphatic hydroxyl groups is 1. The van der Waals surface area contributed by atoms with Gasteiger partial charge < -0.3 is 20.1 Å². The van der Waals surface area contributed by atoms with Crippen molar-refractivity contribution in [1.29, 1.82) is 0 Å². The summed E-state index contributed by atoms with van der Waals surface area (Å²) in [6, 6.07) is 16.6. The van der Waals surface area contributed by atoms with Gasteiger partial charge in [0.15, 0.2) is 0 Å². The quantitative estimate of drug-likeness (QED) is 0.744. The predicted molar refractivity (Wildman–Crippen MR) is 93.8 cm³/mol. The number of methoxy groups -OCH3 is 1. The summed E-state index contributed by atoms with van der Waals surface area (Å²) in [5.74, 6) is -0.630. The number of carbonyl (C=O) groups is 2. The van der Waals surface area contributed by atoms with Crippen LogP contribution in [0.2, 0.25) is 0 Å². The molecule has 0 saturated heterocycles. The van der Waals surface area contributed by atoms with E-state index in [4.69, 9.17) is 9.84 Å². The molecule has 0 unspecified atom stereocenters. The molecule has 0 aliphatic rings. The fourth-order valence-corrected chi connectivity index (χ4v) is 2.32. The second kappa shape index (κ2) is 9.44. The van der Waals surface area contributed by atoms with E-state index in [-0.39, 0.29) is 26.2 Å². The molecule has 0 heterocycles. The second-order valence-corrected chi connectivity index (χ2v) is 5.47. The normalized spacial score (nSPS) is 10.2. The number of benzene rings is 2. The van der Waals surface area contributed by atoms with E-state index in [1.54, 1.807) is 19.2 Å². The summed E-state index contributed by atoms with van der Waals surface area (Å²) in [6.07, 6.45) is 0. The first-order valence-electron chi connectivity index (χ1n) is 7.99. The van der Waals surface area contributed by atoms with Crippen LogP contribution in [-0.4, -0.2) is 42.1 Å². The summed E-state index contributed by atoms with van der Waals surface area (Å²) in [7, 11) is 1.58. The van der Waals surface area contributed by atoms with Gasteiger partial charge in [-0.25, -0.2) is 0 Å². The highest BCUT2D eigenvalue weighted by Gasteiger charge is 2.21. The molecule has 2 N–H and O–H groups in total. The van der Waals surface area contributed by atoms with Crippen molar-refractivity contribution in [3.8, 4) is 5.75 Å². The van der Waals surface area contributed by atoms with Crippen LogP contribution in [0.1, 0.15) is 11.1 Å². The average Bonchev–Trinajstić information content (AvgIpc) is 2.66. The number of amides is 2. The number of ether oxygens (including phenoxy) is 1. The minimum Gasteiger partial charge on any atom is -0.497 e. The Labute approximate surface area is 147 Å². The van der Waals surface area contributed by atoms with Gasteiger partial charge in [-0.05, 0) is 23.3 Å². The lowest BCUT2D eigenvalue weighted by atomic mass is 10.2. The fraction of sp³-hybridized carbons (Fsp3) is 0.263. The standard InChI is InChI=1S/C19H22N2O4/c1-25-17-9-7-15(8-10-17)13-20-18(23)19(24)21(11-12-22)14-16-5-3-2-4-6-16/h2-10,22H,11-14H2,1H3,(H,20,23). The van der Waals surface area contributed by atoms with E-state index in [1.807, 2.05) is 42.5 Å². The molecule has 2 aromatic rings. The molecule has 0 aliphatic heterocycles. The Kier molecular flexibility index (Phi) is 6.98. The van der Waals surface area contributed by atoms with Crippen molar-refractivity contribution < 1.29 is 19.4 Å². The van der Waals surface area contributed by atoms with E-state index < -0.39 is 11.8 Å². The van der Waals surface area contributed by atoms with Crippen molar-refractivity contribution >= 4 is 11.8 Å². The molecule has 6 heteroatoms. The fourth-order valence-electron chi connectivity index (χ4n) is 2.32. The van der Waals surface area contributed by atoms with Gasteiger partial charge in [0.1, 0.15) is 5.75 Å². The number of hydrogen-bond acceptors (Lipinski definition) is 4. The lowest BCUT2D eigenvalue weighted by Gasteiger charge is -2.21. The topological polar surface area (TPSA) is 78.9 Å². The molecule has 25 heavy (non-hydrogen) atoms. The number of aliphatic hydroxyl groups excluding tert-OH is 1. The van der Waals surface area contributed by atoms with Crippen molar-refractivity contribution in [2.24, 2.45) is 0 Å². The smallest absolute Gasteiger partial charge is 0.312 e. The van der Waals surface area contributed by atoms with E-state index in [9.17, 15) is 9.59 Å². The van der Waals surface area contributed by atoms with Crippen molar-refractivity contribution in [1.82, 2.24) is 10.2 Å². The summed E-state index contributed by atoms with van der Waals surface area (Å²) in [6.45, 7) is 0.414. The first kappa shape index (κ1) is 18.5. The van der Waals surface area contributed by atoms with E-state index in [0.717, 1.165) is 16.9 Å². The van der Waals surface area contributed by atoms with Crippen molar-refractivity contribution in [3.05, 3.63) is 65.7 Å². The molecule has 0 atom stereocenters. The van der Waals surface area contributed by atoms with E-state index in [2.05, 4.69) is 5.32 Å². The van der Waals surface area contributed by atoms with Gasteiger partial charge in [0.2, 0.25) is 0 Å². The third-order valence-corrected chi connectivity index (χ3v) is 3.68. The Morgan fingerprint density at radius 3 is 2.32 bits per heavy atom. The molecule has 0 spiro atoms. The molecule has 0 aromatic heterocycles. The molecule has 0 radical (unpaired) electrons. The minimum atomic E-state index is -0.694. The lowest BCUT2D eigenvalue weighted by molar-refractivity contribution is -0.146. The molecular formula is C19H22N2O4. The van der Waals surface area contributed by atoms with Gasteiger partial charge >= 0.3 is 11.8 Å². The number of nitrogens with one attached hydrogen (secondary N) is 1. The van der Waals surface area contributed by atoms with E-state index in [0.29, 0.717) is 0 Å². The van der Waals surface area contributed by atoms with Crippen LogP contribution in [0.3, 0.4) is 0 Å². The predicted octanol–water partition coefficient (Wildman–Crippen LogP) is 1.33. The van der Waals surface area contributed by atoms with Gasteiger partial charge in [0.05, 0.1) is 13.7 Å². The van der Waals surface area contributed by atoms with Crippen LogP contribution in [0, 0.1) is 0 Å². The number of carbonyl (C=O) groups excluding carboxylic acids is 2. The van der Waals surface area contributed by atoms with Crippen LogP contribution in [0.25, 0.3) is 0 Å². The van der Waals surface area contributed by atoms with Gasteiger partial charge in [-0.1, -0.05) is 42.5 Å². The molecule has 0 fully saturated rings. The summed E-state index contributed by atoms with van der Waals surface area (Å²) >= 11 is 0. The Balaban J connectivity index is 1.93. The van der Waals surface area contributed by atoms with Crippen LogP contribution in [0.5, 0.6) is 5.75 Å². The largest absolute Gasteiger partial charge is 0.497 e. The molecule has 2 rings (SSSR count). The highest BCUT2D eigenvalue weighted by Crippen LogP contribution is 2.11. The molecule has 0 bridgehead atoms. The SMILES string of the molecule is COc1ccc(CNC(=O)C(=O)N(CCO)Cc2ccccc2)cc1. The average molecular weight is 342 g/mol. The Hall–Kier alpha value is -2.86. The van der Waals surface area contributed by atoms with Crippen LogP contribution < -0.4 is 10.1 Å². The lowest BCUT2D eigenvalue weighted by Crippen LogP contribution is -2.43. The van der Waals surface area contributed by atoms with Crippen LogP contribution in [-0.2, 0) is 22.7 Å². The van der Waals surface area contributed by atoms with Crippen LogP contribution in [0.15, 0.2) is 54.6 Å². The highest BCUT2D eigenvalue weighted by molar-refractivity contribution is 6.34. The van der Waals surface area contributed by atoms with Gasteiger partial charge in [-0.2, -0.15) is 0 Å². The zero-order valence-electron chi connectivity index (χ0n) is 14.1. The maximum Gasteiger partial charge on any atom is 0.312 e. The number of rotatable bonds is 7. The molecule has 132 valence electrons. The van der Waals surface area contributed by atoms with Gasteiger partial charge in [-0.15, -0.1) is 0 Å². The van der Waals surface area contributed by atoms with Gasteiger partial charge in [0, 0.05) is 19.6 Å². The molecule has 2 amide bonds. The monoisotopic (exact) mass is 342 g/mol. The minimum absolute atomic E-state index is 0.101. The molecule has 0 saturated carbocycles. The molecule has 2 aromatic carbocycles. The van der Waals surface area contributed by atoms with Gasteiger partial charge in [0.25, 0.3) is 0 Å². The highest BCUT2D eigenvalue weighted by atomic mass is 16.5. The van der Waals surface area contributed by atoms with E-state index in [1.165, 1.54) is 4.90 Å². The maximum absolute atomic E-state index is 12.3. The third kappa shape index (κ3) is 5.61. The Morgan fingerprint density at radius 1 is 1.04 bits per heavy atom. The van der Waals surface area contributed by atoms with Crippen LogP contribution >= 0.6 is 0 Å². The van der Waals surface area contributed by atoms with Gasteiger partial charge in [-0.3, -0.25) is 9.59 Å². The van der Waals surface area contributed by atoms with E-state index >= 15 is 0 Å². The van der Waals surface area contributed by atoms with Crippen molar-refractivity contribution in [2.75, 3.05) is 20.3 Å².